The van der Waals surface area contributed by atoms with Gasteiger partial charge in [0.05, 0.1) is 5.52 Å². The lowest BCUT2D eigenvalue weighted by molar-refractivity contribution is 1.06. The highest BCUT2D eigenvalue weighted by Crippen LogP contribution is 2.19. The van der Waals surface area contributed by atoms with Gasteiger partial charge < -0.3 is 10.7 Å². The standard InChI is InChI=1S/C12H14N2O/c1-3-9-7(2)10-5-4-8(13)6-11(10)14-12(9)15/h4-6H,3,13H2,1-2H3,(H,14,15). The van der Waals surface area contributed by atoms with Gasteiger partial charge >= 0.3 is 0 Å². The SMILES string of the molecule is CCc1c(C)c2ccc(N)cc2[nH]c1=O. The Morgan fingerprint density at radius 3 is 2.80 bits per heavy atom. The summed E-state index contributed by atoms with van der Waals surface area (Å²) in [7, 11) is 0. The van der Waals surface area contributed by atoms with Crippen LogP contribution in [0.5, 0.6) is 0 Å². The van der Waals surface area contributed by atoms with Gasteiger partial charge in [-0.1, -0.05) is 13.0 Å². The molecule has 0 aliphatic carbocycles. The largest absolute Gasteiger partial charge is 0.399 e. The Morgan fingerprint density at radius 1 is 1.40 bits per heavy atom. The molecule has 2 aromatic rings. The molecular weight excluding hydrogens is 188 g/mol. The summed E-state index contributed by atoms with van der Waals surface area (Å²) in [5, 5.41) is 1.07. The van der Waals surface area contributed by atoms with Gasteiger partial charge in [0.25, 0.3) is 5.56 Å². The number of anilines is 1. The van der Waals surface area contributed by atoms with Crippen LogP contribution in [0.25, 0.3) is 10.9 Å². The van der Waals surface area contributed by atoms with Crippen LogP contribution in [0, 0.1) is 6.92 Å². The molecule has 0 radical (unpaired) electrons. The van der Waals surface area contributed by atoms with E-state index in [1.54, 1.807) is 6.07 Å². The topological polar surface area (TPSA) is 58.9 Å². The molecule has 0 aliphatic rings. The lowest BCUT2D eigenvalue weighted by Crippen LogP contribution is -2.14. The summed E-state index contributed by atoms with van der Waals surface area (Å²) in [4.78, 5) is 14.6. The molecule has 1 aromatic carbocycles. The second-order valence-corrected chi connectivity index (χ2v) is 3.72. The fourth-order valence-corrected chi connectivity index (χ4v) is 1.95. The lowest BCUT2D eigenvalue weighted by atomic mass is 10.0. The first kappa shape index (κ1) is 9.77. The van der Waals surface area contributed by atoms with Gasteiger partial charge in [0.15, 0.2) is 0 Å². The number of aryl methyl sites for hydroxylation is 1. The Labute approximate surface area is 87.9 Å². The molecule has 0 amide bonds. The van der Waals surface area contributed by atoms with Crippen LogP contribution in [0.1, 0.15) is 18.1 Å². The number of aromatic amines is 1. The quantitative estimate of drug-likeness (QED) is 0.695. The summed E-state index contributed by atoms with van der Waals surface area (Å²) in [5.74, 6) is 0. The van der Waals surface area contributed by atoms with E-state index in [4.69, 9.17) is 5.73 Å². The number of nitrogens with two attached hydrogens (primary N) is 1. The average molecular weight is 202 g/mol. The van der Waals surface area contributed by atoms with Crippen molar-refractivity contribution in [2.24, 2.45) is 0 Å². The Bertz CT molecular complexity index is 570. The summed E-state index contributed by atoms with van der Waals surface area (Å²) in [6.45, 7) is 3.97. The predicted molar refractivity (Wildman–Crippen MR) is 63.1 cm³/mol. The number of H-pyrrole nitrogens is 1. The van der Waals surface area contributed by atoms with Gasteiger partial charge in [0.1, 0.15) is 0 Å². The van der Waals surface area contributed by atoms with Crippen molar-refractivity contribution in [3.05, 3.63) is 39.7 Å². The predicted octanol–water partition coefficient (Wildman–Crippen LogP) is 1.98. The Morgan fingerprint density at radius 2 is 2.13 bits per heavy atom. The number of rotatable bonds is 1. The molecule has 0 unspecified atom stereocenters. The van der Waals surface area contributed by atoms with Crippen LogP contribution < -0.4 is 11.3 Å². The molecule has 0 atom stereocenters. The molecule has 3 heteroatoms. The molecule has 15 heavy (non-hydrogen) atoms. The third-order valence-electron chi connectivity index (χ3n) is 2.78. The normalized spacial score (nSPS) is 10.8. The summed E-state index contributed by atoms with van der Waals surface area (Å²) in [5.41, 5.74) is 9.06. The molecule has 2 rings (SSSR count). The van der Waals surface area contributed by atoms with E-state index in [1.165, 1.54) is 0 Å². The van der Waals surface area contributed by atoms with E-state index >= 15 is 0 Å². The third-order valence-corrected chi connectivity index (χ3v) is 2.78. The van der Waals surface area contributed by atoms with Crippen molar-refractivity contribution in [2.45, 2.75) is 20.3 Å². The van der Waals surface area contributed by atoms with E-state index in [-0.39, 0.29) is 5.56 Å². The van der Waals surface area contributed by atoms with E-state index in [0.717, 1.165) is 28.5 Å². The zero-order valence-electron chi connectivity index (χ0n) is 8.92. The van der Waals surface area contributed by atoms with Crippen LogP contribution in [0.4, 0.5) is 5.69 Å². The van der Waals surface area contributed by atoms with Crippen LogP contribution in [0.3, 0.4) is 0 Å². The number of aromatic nitrogens is 1. The van der Waals surface area contributed by atoms with Crippen molar-refractivity contribution in [1.29, 1.82) is 0 Å². The number of hydrogen-bond acceptors (Lipinski definition) is 2. The summed E-state index contributed by atoms with van der Waals surface area (Å²) >= 11 is 0. The summed E-state index contributed by atoms with van der Waals surface area (Å²) in [6, 6.07) is 5.60. The third kappa shape index (κ3) is 1.50. The Hall–Kier alpha value is -1.77. The van der Waals surface area contributed by atoms with Gasteiger partial charge in [0.2, 0.25) is 0 Å². The zero-order valence-corrected chi connectivity index (χ0v) is 8.92. The molecule has 0 spiro atoms. The number of benzene rings is 1. The Balaban J connectivity index is 2.91. The first-order valence-corrected chi connectivity index (χ1v) is 5.04. The average Bonchev–Trinajstić information content (AvgIpc) is 2.17. The highest BCUT2D eigenvalue weighted by atomic mass is 16.1. The monoisotopic (exact) mass is 202 g/mol. The van der Waals surface area contributed by atoms with Crippen molar-refractivity contribution in [2.75, 3.05) is 5.73 Å². The highest BCUT2D eigenvalue weighted by molar-refractivity contribution is 5.85. The molecule has 0 saturated heterocycles. The molecule has 1 heterocycles. The van der Waals surface area contributed by atoms with Gasteiger partial charge in [-0.3, -0.25) is 4.79 Å². The van der Waals surface area contributed by atoms with E-state index < -0.39 is 0 Å². The Kier molecular flexibility index (Phi) is 2.23. The number of pyridine rings is 1. The first-order valence-electron chi connectivity index (χ1n) is 5.04. The second-order valence-electron chi connectivity index (χ2n) is 3.72. The summed E-state index contributed by atoms with van der Waals surface area (Å²) in [6.07, 6.45) is 0.751. The van der Waals surface area contributed by atoms with E-state index in [1.807, 2.05) is 26.0 Å². The van der Waals surface area contributed by atoms with Crippen molar-refractivity contribution >= 4 is 16.6 Å². The van der Waals surface area contributed by atoms with Gasteiger partial charge in [-0.15, -0.1) is 0 Å². The van der Waals surface area contributed by atoms with E-state index in [0.29, 0.717) is 5.69 Å². The minimum absolute atomic E-state index is 0.00639. The van der Waals surface area contributed by atoms with Crippen molar-refractivity contribution in [3.63, 3.8) is 0 Å². The van der Waals surface area contributed by atoms with Crippen LogP contribution >= 0.6 is 0 Å². The number of hydrogen-bond donors (Lipinski definition) is 2. The van der Waals surface area contributed by atoms with Crippen molar-refractivity contribution < 1.29 is 0 Å². The first-order chi connectivity index (χ1) is 7.13. The lowest BCUT2D eigenvalue weighted by Gasteiger charge is -2.07. The molecular formula is C12H14N2O. The number of fused-ring (bicyclic) bond motifs is 1. The molecule has 3 nitrogen and oxygen atoms in total. The van der Waals surface area contributed by atoms with E-state index in [9.17, 15) is 4.79 Å². The van der Waals surface area contributed by atoms with Gasteiger partial charge in [-0.2, -0.15) is 0 Å². The minimum Gasteiger partial charge on any atom is -0.399 e. The van der Waals surface area contributed by atoms with Crippen molar-refractivity contribution in [3.8, 4) is 0 Å². The van der Waals surface area contributed by atoms with Gasteiger partial charge in [-0.25, -0.2) is 0 Å². The van der Waals surface area contributed by atoms with E-state index in [2.05, 4.69) is 4.98 Å². The van der Waals surface area contributed by atoms with Crippen LogP contribution in [0.15, 0.2) is 23.0 Å². The molecule has 0 aliphatic heterocycles. The highest BCUT2D eigenvalue weighted by Gasteiger charge is 2.06. The maximum absolute atomic E-state index is 11.7. The molecule has 0 saturated carbocycles. The van der Waals surface area contributed by atoms with Gasteiger partial charge in [-0.05, 0) is 31.0 Å². The second kappa shape index (κ2) is 3.42. The zero-order chi connectivity index (χ0) is 11.0. The van der Waals surface area contributed by atoms with Crippen molar-refractivity contribution in [1.82, 2.24) is 4.98 Å². The molecule has 78 valence electrons. The fraction of sp³-hybridized carbons (Fsp3) is 0.250. The van der Waals surface area contributed by atoms with Gasteiger partial charge in [0, 0.05) is 16.6 Å². The van der Waals surface area contributed by atoms with Crippen LogP contribution in [-0.4, -0.2) is 4.98 Å². The molecule has 0 fully saturated rings. The number of nitrogen functional groups attached to an aromatic ring is 1. The fourth-order valence-electron chi connectivity index (χ4n) is 1.95. The molecule has 0 bridgehead atoms. The van der Waals surface area contributed by atoms with Crippen LogP contribution in [0.2, 0.25) is 0 Å². The maximum atomic E-state index is 11.7. The molecule has 3 N–H and O–H groups in total. The maximum Gasteiger partial charge on any atom is 0.251 e. The molecule has 1 aromatic heterocycles. The number of nitrogens with one attached hydrogen (secondary N) is 1. The minimum atomic E-state index is -0.00639. The smallest absolute Gasteiger partial charge is 0.251 e. The van der Waals surface area contributed by atoms with Crippen LogP contribution in [-0.2, 0) is 6.42 Å². The summed E-state index contributed by atoms with van der Waals surface area (Å²) < 4.78 is 0.